The Morgan fingerprint density at radius 1 is 0.967 bits per heavy atom. The van der Waals surface area contributed by atoms with Gasteiger partial charge in [-0.05, 0) is 48.4 Å². The van der Waals surface area contributed by atoms with E-state index in [1.165, 1.54) is 5.56 Å². The number of aryl methyl sites for hydroxylation is 1. The van der Waals surface area contributed by atoms with E-state index in [1.807, 2.05) is 24.3 Å². The molecule has 2 aromatic heterocycles. The largest absolute Gasteiger partial charge is 0.493 e. The van der Waals surface area contributed by atoms with Crippen LogP contribution in [0.3, 0.4) is 0 Å². The molecule has 4 aromatic rings. The zero-order valence-corrected chi connectivity index (χ0v) is 17.6. The summed E-state index contributed by atoms with van der Waals surface area (Å²) in [6.07, 6.45) is 1.47. The monoisotopic (exact) mass is 407 g/mol. The lowest BCUT2D eigenvalue weighted by Gasteiger charge is -2.10. The van der Waals surface area contributed by atoms with Gasteiger partial charge in [-0.1, -0.05) is 12.1 Å². The maximum atomic E-state index is 5.48. The minimum atomic E-state index is 0.549. The number of hydrogen-bond donors (Lipinski definition) is 1. The topological polar surface area (TPSA) is 82.4 Å². The highest BCUT2D eigenvalue weighted by Gasteiger charge is 2.16. The van der Waals surface area contributed by atoms with Crippen molar-refractivity contribution in [3.8, 4) is 34.1 Å². The first-order valence-electron chi connectivity index (χ1n) is 9.87. The van der Waals surface area contributed by atoms with Gasteiger partial charge >= 0.3 is 0 Å². The Balaban J connectivity index is 1.76. The van der Waals surface area contributed by atoms with Crippen LogP contribution in [-0.2, 0) is 17.6 Å². The highest BCUT2D eigenvalue weighted by atomic mass is 16.5. The lowest BCUT2D eigenvalue weighted by Crippen LogP contribution is -1.94. The molecule has 156 valence electrons. The van der Waals surface area contributed by atoms with Gasteiger partial charge in [0.05, 0.1) is 27.2 Å². The summed E-state index contributed by atoms with van der Waals surface area (Å²) in [4.78, 5) is 8.04. The number of aromatic amines is 1. The van der Waals surface area contributed by atoms with Crippen LogP contribution in [0.4, 0.5) is 0 Å². The van der Waals surface area contributed by atoms with E-state index in [2.05, 4.69) is 34.2 Å². The van der Waals surface area contributed by atoms with E-state index < -0.39 is 0 Å². The number of aromatic nitrogens is 3. The molecule has 0 bridgehead atoms. The smallest absolute Gasteiger partial charge is 0.229 e. The van der Waals surface area contributed by atoms with Crippen molar-refractivity contribution in [1.29, 1.82) is 0 Å². The van der Waals surface area contributed by atoms with Crippen LogP contribution >= 0.6 is 0 Å². The summed E-state index contributed by atoms with van der Waals surface area (Å²) in [5.41, 5.74) is 5.32. The molecule has 0 unspecified atom stereocenters. The standard InChI is InChI=1S/C23H25N3O4/c1-5-16-17-12-15(23-25-21(30-26-23)10-11-27-2)6-8-18(17)24-22(16)14-7-9-19(28-3)20(13-14)29-4/h6-9,12-13,24H,5,10-11H2,1-4H3. The SMILES string of the molecule is CCc1c(-c2ccc(OC)c(OC)c2)[nH]c2ccc(-c3noc(CCOC)n3)cc12. The molecule has 0 spiro atoms. The van der Waals surface area contributed by atoms with Crippen LogP contribution in [0, 0.1) is 0 Å². The van der Waals surface area contributed by atoms with Crippen molar-refractivity contribution in [1.82, 2.24) is 15.1 Å². The summed E-state index contributed by atoms with van der Waals surface area (Å²) < 4.78 is 21.3. The molecule has 7 heteroatoms. The summed E-state index contributed by atoms with van der Waals surface area (Å²) in [5.74, 6) is 2.56. The first kappa shape index (κ1) is 20.0. The van der Waals surface area contributed by atoms with Crippen molar-refractivity contribution in [2.45, 2.75) is 19.8 Å². The summed E-state index contributed by atoms with van der Waals surface area (Å²) in [6, 6.07) is 12.1. The Morgan fingerprint density at radius 3 is 2.50 bits per heavy atom. The molecule has 2 aromatic carbocycles. The molecule has 0 aliphatic heterocycles. The molecule has 0 saturated carbocycles. The number of methoxy groups -OCH3 is 3. The van der Waals surface area contributed by atoms with E-state index in [-0.39, 0.29) is 0 Å². The van der Waals surface area contributed by atoms with E-state index in [0.717, 1.165) is 34.1 Å². The Morgan fingerprint density at radius 2 is 1.77 bits per heavy atom. The number of ether oxygens (including phenoxy) is 3. The fourth-order valence-corrected chi connectivity index (χ4v) is 3.66. The molecule has 0 aliphatic carbocycles. The van der Waals surface area contributed by atoms with Crippen molar-refractivity contribution < 1.29 is 18.7 Å². The zero-order valence-electron chi connectivity index (χ0n) is 17.6. The normalized spacial score (nSPS) is 11.2. The molecule has 1 N–H and O–H groups in total. The van der Waals surface area contributed by atoms with E-state index in [4.69, 9.17) is 18.7 Å². The Bertz CT molecular complexity index is 1160. The average molecular weight is 407 g/mol. The number of benzene rings is 2. The van der Waals surface area contributed by atoms with Crippen LogP contribution < -0.4 is 9.47 Å². The summed E-state index contributed by atoms with van der Waals surface area (Å²) in [6.45, 7) is 2.70. The van der Waals surface area contributed by atoms with Gasteiger partial charge in [0.2, 0.25) is 11.7 Å². The second-order valence-corrected chi connectivity index (χ2v) is 6.92. The summed E-state index contributed by atoms with van der Waals surface area (Å²) >= 11 is 0. The van der Waals surface area contributed by atoms with Crippen LogP contribution in [-0.4, -0.2) is 43.1 Å². The molecule has 0 saturated heterocycles. The highest BCUT2D eigenvalue weighted by molar-refractivity contribution is 5.93. The predicted octanol–water partition coefficient (Wildman–Crippen LogP) is 4.65. The second kappa shape index (κ2) is 8.59. The predicted molar refractivity (Wildman–Crippen MR) is 115 cm³/mol. The molecule has 0 amide bonds. The summed E-state index contributed by atoms with van der Waals surface area (Å²) in [5, 5.41) is 5.27. The lowest BCUT2D eigenvalue weighted by atomic mass is 10.0. The van der Waals surface area contributed by atoms with E-state index in [9.17, 15) is 0 Å². The Hall–Kier alpha value is -3.32. The van der Waals surface area contributed by atoms with Gasteiger partial charge in [-0.3, -0.25) is 0 Å². The van der Waals surface area contributed by atoms with Gasteiger partial charge in [0.15, 0.2) is 11.5 Å². The zero-order chi connectivity index (χ0) is 21.1. The van der Waals surface area contributed by atoms with E-state index in [1.54, 1.807) is 21.3 Å². The molecular weight excluding hydrogens is 382 g/mol. The molecule has 2 heterocycles. The maximum absolute atomic E-state index is 5.48. The number of fused-ring (bicyclic) bond motifs is 1. The van der Waals surface area contributed by atoms with E-state index in [0.29, 0.717) is 36.2 Å². The first-order valence-corrected chi connectivity index (χ1v) is 9.87. The van der Waals surface area contributed by atoms with Crippen molar-refractivity contribution in [2.24, 2.45) is 0 Å². The number of nitrogens with one attached hydrogen (secondary N) is 1. The van der Waals surface area contributed by atoms with Gasteiger partial charge in [0.25, 0.3) is 0 Å². The molecular formula is C23H25N3O4. The van der Waals surface area contributed by atoms with Gasteiger partial charge in [0.1, 0.15) is 0 Å². The maximum Gasteiger partial charge on any atom is 0.229 e. The molecule has 0 radical (unpaired) electrons. The third kappa shape index (κ3) is 3.64. The van der Waals surface area contributed by atoms with Crippen molar-refractivity contribution in [3.05, 3.63) is 47.9 Å². The fourth-order valence-electron chi connectivity index (χ4n) is 3.66. The lowest BCUT2D eigenvalue weighted by molar-refractivity contribution is 0.192. The van der Waals surface area contributed by atoms with Gasteiger partial charge in [-0.2, -0.15) is 4.98 Å². The molecule has 0 atom stereocenters. The number of H-pyrrole nitrogens is 1. The van der Waals surface area contributed by atoms with Gasteiger partial charge in [-0.25, -0.2) is 0 Å². The van der Waals surface area contributed by atoms with Crippen molar-refractivity contribution >= 4 is 10.9 Å². The average Bonchev–Trinajstić information content (AvgIpc) is 3.41. The van der Waals surface area contributed by atoms with Gasteiger partial charge < -0.3 is 23.7 Å². The minimum absolute atomic E-state index is 0.549. The highest BCUT2D eigenvalue weighted by Crippen LogP contribution is 2.37. The van der Waals surface area contributed by atoms with Crippen molar-refractivity contribution in [3.63, 3.8) is 0 Å². The number of nitrogens with zero attached hydrogens (tertiary/aromatic N) is 2. The molecule has 30 heavy (non-hydrogen) atoms. The minimum Gasteiger partial charge on any atom is -0.493 e. The van der Waals surface area contributed by atoms with Crippen LogP contribution in [0.25, 0.3) is 33.5 Å². The van der Waals surface area contributed by atoms with Crippen molar-refractivity contribution in [2.75, 3.05) is 27.9 Å². The van der Waals surface area contributed by atoms with Crippen LogP contribution in [0.2, 0.25) is 0 Å². The first-order chi connectivity index (χ1) is 14.7. The van der Waals surface area contributed by atoms with Crippen LogP contribution in [0.15, 0.2) is 40.9 Å². The second-order valence-electron chi connectivity index (χ2n) is 6.92. The summed E-state index contributed by atoms with van der Waals surface area (Å²) in [7, 11) is 4.93. The van der Waals surface area contributed by atoms with Crippen LogP contribution in [0.1, 0.15) is 18.4 Å². The van der Waals surface area contributed by atoms with Gasteiger partial charge in [0, 0.05) is 34.8 Å². The number of rotatable bonds is 8. The fraction of sp³-hybridized carbons (Fsp3) is 0.304. The number of hydrogen-bond acceptors (Lipinski definition) is 6. The van der Waals surface area contributed by atoms with E-state index >= 15 is 0 Å². The Labute approximate surface area is 175 Å². The molecule has 0 aliphatic rings. The van der Waals surface area contributed by atoms with Gasteiger partial charge in [-0.15, -0.1) is 0 Å². The third-order valence-electron chi connectivity index (χ3n) is 5.18. The molecule has 0 fully saturated rings. The van der Waals surface area contributed by atoms with Crippen LogP contribution in [0.5, 0.6) is 11.5 Å². The molecule has 7 nitrogen and oxygen atoms in total. The molecule has 4 rings (SSSR count). The quantitative estimate of drug-likeness (QED) is 0.458. The Kier molecular flexibility index (Phi) is 5.72. The third-order valence-corrected chi connectivity index (χ3v) is 5.18.